The van der Waals surface area contributed by atoms with Crippen molar-refractivity contribution in [3.8, 4) is 22.6 Å². The van der Waals surface area contributed by atoms with Crippen molar-refractivity contribution in [2.24, 2.45) is 0 Å². The molecule has 3 rings (SSSR count). The van der Waals surface area contributed by atoms with Gasteiger partial charge in [-0.2, -0.15) is 17.6 Å². The molecule has 1 aliphatic rings. The molecule has 0 bridgehead atoms. The molecule has 0 saturated carbocycles. The summed E-state index contributed by atoms with van der Waals surface area (Å²) in [6, 6.07) is 3.55. The fourth-order valence-corrected chi connectivity index (χ4v) is 2.77. The van der Waals surface area contributed by atoms with E-state index >= 15 is 0 Å². The topological polar surface area (TPSA) is 29.5 Å². The van der Waals surface area contributed by atoms with E-state index in [9.17, 15) is 31.4 Å². The molecule has 2 aromatic rings. The highest BCUT2D eigenvalue weighted by atomic mass is 19.3. The van der Waals surface area contributed by atoms with Crippen LogP contribution in [0.4, 0.5) is 26.3 Å². The van der Waals surface area contributed by atoms with E-state index in [0.717, 1.165) is 24.3 Å². The molecular weight excluding hydrogens is 338 g/mol. The van der Waals surface area contributed by atoms with Crippen molar-refractivity contribution in [2.75, 3.05) is 6.61 Å². The summed E-state index contributed by atoms with van der Waals surface area (Å²) >= 11 is 0. The molecule has 0 radical (unpaired) electrons. The monoisotopic (exact) mass is 348 g/mol. The second kappa shape index (κ2) is 5.06. The van der Waals surface area contributed by atoms with Crippen molar-refractivity contribution < 1.29 is 36.2 Å². The van der Waals surface area contributed by atoms with E-state index in [1.165, 1.54) is 6.92 Å². The van der Waals surface area contributed by atoms with Crippen LogP contribution in [-0.2, 0) is 11.8 Å². The SMILES string of the molecule is CCOc1ccc2c(c1F)C(F)(F)C(F)(F)c1c-2ccc(O)c1F. The molecule has 24 heavy (non-hydrogen) atoms. The van der Waals surface area contributed by atoms with Gasteiger partial charge in [0.1, 0.15) is 0 Å². The third-order valence-corrected chi connectivity index (χ3v) is 3.84. The lowest BCUT2D eigenvalue weighted by Crippen LogP contribution is -2.41. The number of phenols is 1. The number of fused-ring (bicyclic) bond motifs is 3. The van der Waals surface area contributed by atoms with Crippen molar-refractivity contribution in [3.05, 3.63) is 47.0 Å². The average molecular weight is 348 g/mol. The van der Waals surface area contributed by atoms with Gasteiger partial charge in [-0.25, -0.2) is 8.78 Å². The van der Waals surface area contributed by atoms with Crippen molar-refractivity contribution in [1.29, 1.82) is 0 Å². The van der Waals surface area contributed by atoms with Crippen LogP contribution in [0.3, 0.4) is 0 Å². The van der Waals surface area contributed by atoms with Crippen LogP contribution in [0.15, 0.2) is 24.3 Å². The van der Waals surface area contributed by atoms with E-state index in [1.807, 2.05) is 0 Å². The van der Waals surface area contributed by atoms with Gasteiger partial charge in [0.05, 0.1) is 17.7 Å². The van der Waals surface area contributed by atoms with Crippen LogP contribution in [0.25, 0.3) is 11.1 Å². The van der Waals surface area contributed by atoms with Gasteiger partial charge in [0.25, 0.3) is 0 Å². The molecule has 0 saturated heterocycles. The number of phenolic OH excluding ortho intramolecular Hbond substituents is 1. The highest BCUT2D eigenvalue weighted by Crippen LogP contribution is 2.60. The quantitative estimate of drug-likeness (QED) is 0.780. The summed E-state index contributed by atoms with van der Waals surface area (Å²) in [5.41, 5.74) is -4.42. The summed E-state index contributed by atoms with van der Waals surface area (Å²) in [6.45, 7) is 1.41. The fourth-order valence-electron chi connectivity index (χ4n) is 2.77. The first-order valence-corrected chi connectivity index (χ1v) is 6.88. The molecule has 2 aromatic carbocycles. The Kier molecular flexibility index (Phi) is 3.47. The molecule has 2 nitrogen and oxygen atoms in total. The highest BCUT2D eigenvalue weighted by molar-refractivity contribution is 5.78. The second-order valence-electron chi connectivity index (χ2n) is 5.20. The molecule has 0 atom stereocenters. The highest BCUT2D eigenvalue weighted by Gasteiger charge is 2.65. The second-order valence-corrected chi connectivity index (χ2v) is 5.20. The number of ether oxygens (including phenoxy) is 1. The number of hydrogen-bond acceptors (Lipinski definition) is 2. The Balaban J connectivity index is 2.44. The summed E-state index contributed by atoms with van der Waals surface area (Å²) in [4.78, 5) is 0. The maximum atomic E-state index is 14.4. The maximum Gasteiger partial charge on any atom is 0.343 e. The third-order valence-electron chi connectivity index (χ3n) is 3.84. The molecule has 128 valence electrons. The van der Waals surface area contributed by atoms with Crippen LogP contribution in [0, 0.1) is 11.6 Å². The minimum absolute atomic E-state index is 0.0588. The number of halogens is 6. The standard InChI is InChI=1S/C16H10F6O2/c1-2-24-10-6-4-8-7-3-5-9(23)13(17)11(7)15(19,20)16(21,22)12(8)14(10)18/h3-6,23H,2H2,1H3. The van der Waals surface area contributed by atoms with E-state index in [1.54, 1.807) is 0 Å². The van der Waals surface area contributed by atoms with Gasteiger partial charge in [-0.3, -0.25) is 0 Å². The molecule has 0 aromatic heterocycles. The van der Waals surface area contributed by atoms with Crippen LogP contribution in [0.5, 0.6) is 11.5 Å². The molecule has 1 aliphatic carbocycles. The first-order valence-electron chi connectivity index (χ1n) is 6.88. The Bertz CT molecular complexity index is 832. The van der Waals surface area contributed by atoms with Crippen molar-refractivity contribution in [3.63, 3.8) is 0 Å². The predicted molar refractivity (Wildman–Crippen MR) is 72.4 cm³/mol. The molecular formula is C16H10F6O2. The van der Waals surface area contributed by atoms with Gasteiger partial charge in [-0.05, 0) is 42.3 Å². The van der Waals surface area contributed by atoms with E-state index in [-0.39, 0.29) is 6.61 Å². The number of benzene rings is 2. The van der Waals surface area contributed by atoms with Crippen LogP contribution in [0.2, 0.25) is 0 Å². The summed E-state index contributed by atoms with van der Waals surface area (Å²) in [5, 5.41) is 9.25. The van der Waals surface area contributed by atoms with Crippen molar-refractivity contribution in [1.82, 2.24) is 0 Å². The summed E-state index contributed by atoms with van der Waals surface area (Å²) in [5.74, 6) is -15.4. The Hall–Kier alpha value is -2.38. The lowest BCUT2D eigenvalue weighted by Gasteiger charge is -2.35. The predicted octanol–water partition coefficient (Wildman–Crippen LogP) is 4.93. The van der Waals surface area contributed by atoms with Gasteiger partial charge in [-0.1, -0.05) is 0 Å². The number of alkyl halides is 4. The van der Waals surface area contributed by atoms with Gasteiger partial charge in [0, 0.05) is 0 Å². The van der Waals surface area contributed by atoms with Gasteiger partial charge < -0.3 is 9.84 Å². The lowest BCUT2D eigenvalue weighted by molar-refractivity contribution is -0.228. The van der Waals surface area contributed by atoms with Crippen LogP contribution >= 0.6 is 0 Å². The van der Waals surface area contributed by atoms with E-state index in [4.69, 9.17) is 4.74 Å². The first kappa shape index (κ1) is 16.5. The van der Waals surface area contributed by atoms with Crippen molar-refractivity contribution >= 4 is 0 Å². The van der Waals surface area contributed by atoms with E-state index in [0.29, 0.717) is 0 Å². The Labute approximate surface area is 132 Å². The smallest absolute Gasteiger partial charge is 0.343 e. The van der Waals surface area contributed by atoms with Gasteiger partial charge in [-0.15, -0.1) is 0 Å². The average Bonchev–Trinajstić information content (AvgIpc) is 2.50. The minimum atomic E-state index is -5.05. The Morgan fingerprint density at radius 2 is 1.38 bits per heavy atom. The Morgan fingerprint density at radius 1 is 0.875 bits per heavy atom. The third kappa shape index (κ3) is 1.91. The van der Waals surface area contributed by atoms with Gasteiger partial charge in [0.2, 0.25) is 0 Å². The number of hydrogen-bond donors (Lipinski definition) is 1. The zero-order valence-electron chi connectivity index (χ0n) is 12.1. The van der Waals surface area contributed by atoms with Crippen LogP contribution in [0.1, 0.15) is 18.1 Å². The van der Waals surface area contributed by atoms with E-state index in [2.05, 4.69) is 0 Å². The summed E-state index contributed by atoms with van der Waals surface area (Å²) in [6.07, 6.45) is 0. The van der Waals surface area contributed by atoms with Crippen molar-refractivity contribution in [2.45, 2.75) is 18.8 Å². The van der Waals surface area contributed by atoms with Crippen LogP contribution < -0.4 is 4.74 Å². The minimum Gasteiger partial charge on any atom is -0.505 e. The lowest BCUT2D eigenvalue weighted by atomic mass is 9.79. The largest absolute Gasteiger partial charge is 0.505 e. The maximum absolute atomic E-state index is 14.4. The number of rotatable bonds is 2. The van der Waals surface area contributed by atoms with Crippen LogP contribution in [-0.4, -0.2) is 11.7 Å². The number of aromatic hydroxyl groups is 1. The summed E-state index contributed by atoms with van der Waals surface area (Å²) in [7, 11) is 0. The molecule has 0 aliphatic heterocycles. The zero-order chi connectivity index (χ0) is 17.9. The van der Waals surface area contributed by atoms with Gasteiger partial charge in [0.15, 0.2) is 23.1 Å². The fraction of sp³-hybridized carbons (Fsp3) is 0.250. The molecule has 0 amide bonds. The molecule has 1 N–H and O–H groups in total. The molecule has 0 fully saturated rings. The first-order chi connectivity index (χ1) is 11.1. The molecule has 0 heterocycles. The molecule has 0 unspecified atom stereocenters. The van der Waals surface area contributed by atoms with Gasteiger partial charge >= 0.3 is 11.8 Å². The Morgan fingerprint density at radius 3 is 1.92 bits per heavy atom. The normalized spacial score (nSPS) is 17.1. The summed E-state index contributed by atoms with van der Waals surface area (Å²) < 4.78 is 90.4. The molecule has 8 heteroatoms. The zero-order valence-corrected chi connectivity index (χ0v) is 12.1. The molecule has 0 spiro atoms. The van der Waals surface area contributed by atoms with E-state index < -0.39 is 57.2 Å².